The molecule has 3 rings (SSSR count). The molecule has 0 unspecified atom stereocenters. The number of H-pyrrole nitrogens is 1. The minimum atomic E-state index is 0.130. The van der Waals surface area contributed by atoms with Crippen LogP contribution < -0.4 is 0 Å². The van der Waals surface area contributed by atoms with Crippen LogP contribution in [0.5, 0.6) is 0 Å². The first kappa shape index (κ1) is 14.7. The molecule has 22 heavy (non-hydrogen) atoms. The number of nitrogens with zero attached hydrogens (tertiary/aromatic N) is 4. The van der Waals surface area contributed by atoms with Crippen LogP contribution in [0.15, 0.2) is 12.4 Å². The van der Waals surface area contributed by atoms with Crippen LogP contribution in [0.4, 0.5) is 0 Å². The smallest absolute Gasteiger partial charge is 0.219 e. The van der Waals surface area contributed by atoms with Crippen LogP contribution in [-0.2, 0) is 4.79 Å². The zero-order chi connectivity index (χ0) is 15.7. The first-order valence-corrected chi connectivity index (χ1v) is 7.66. The van der Waals surface area contributed by atoms with Gasteiger partial charge >= 0.3 is 0 Å². The van der Waals surface area contributed by atoms with E-state index in [0.717, 1.165) is 54.3 Å². The zero-order valence-electron chi connectivity index (χ0n) is 13.3. The number of hydrogen-bond acceptors (Lipinski definition) is 4. The van der Waals surface area contributed by atoms with E-state index in [9.17, 15) is 4.79 Å². The molecule has 1 atom stereocenters. The molecule has 116 valence electrons. The molecule has 0 aromatic carbocycles. The summed E-state index contributed by atoms with van der Waals surface area (Å²) in [6, 6.07) is 0. The van der Waals surface area contributed by atoms with Crippen LogP contribution in [0.1, 0.15) is 42.8 Å². The fourth-order valence-corrected chi connectivity index (χ4v) is 3.23. The fraction of sp³-hybridized carbons (Fsp3) is 0.500. The number of piperidine rings is 1. The second kappa shape index (κ2) is 5.87. The lowest BCUT2D eigenvalue weighted by atomic mass is 9.91. The molecule has 0 bridgehead atoms. The SMILES string of the molecule is CC(=O)N1CCC[C@H](c2nccnc2-c2c(C)n[nH]c2C)C1. The molecule has 1 amide bonds. The van der Waals surface area contributed by atoms with Gasteiger partial charge in [0.25, 0.3) is 0 Å². The van der Waals surface area contributed by atoms with Crippen molar-refractivity contribution in [3.63, 3.8) is 0 Å². The number of hydrogen-bond donors (Lipinski definition) is 1. The van der Waals surface area contributed by atoms with Crippen LogP contribution in [0.2, 0.25) is 0 Å². The van der Waals surface area contributed by atoms with Gasteiger partial charge in [-0.2, -0.15) is 5.10 Å². The highest BCUT2D eigenvalue weighted by molar-refractivity contribution is 5.73. The Labute approximate surface area is 130 Å². The van der Waals surface area contributed by atoms with Gasteiger partial charge in [-0.05, 0) is 26.7 Å². The van der Waals surface area contributed by atoms with Gasteiger partial charge < -0.3 is 4.90 Å². The normalized spacial score (nSPS) is 18.5. The lowest BCUT2D eigenvalue weighted by molar-refractivity contribution is -0.130. The number of aryl methyl sites for hydroxylation is 2. The molecular weight excluding hydrogens is 278 g/mol. The molecule has 1 N–H and O–H groups in total. The molecule has 6 heteroatoms. The van der Waals surface area contributed by atoms with Crippen molar-refractivity contribution in [1.82, 2.24) is 25.1 Å². The lowest BCUT2D eigenvalue weighted by Gasteiger charge is -2.32. The van der Waals surface area contributed by atoms with E-state index in [1.54, 1.807) is 19.3 Å². The maximum Gasteiger partial charge on any atom is 0.219 e. The predicted octanol–water partition coefficient (Wildman–Crippen LogP) is 2.21. The summed E-state index contributed by atoms with van der Waals surface area (Å²) in [5, 5.41) is 7.27. The van der Waals surface area contributed by atoms with E-state index >= 15 is 0 Å². The number of carbonyl (C=O) groups is 1. The van der Waals surface area contributed by atoms with E-state index < -0.39 is 0 Å². The Kier molecular flexibility index (Phi) is 3.92. The summed E-state index contributed by atoms with van der Waals surface area (Å²) in [7, 11) is 0. The Balaban J connectivity index is 2.00. The molecule has 6 nitrogen and oxygen atoms in total. The number of rotatable bonds is 2. The van der Waals surface area contributed by atoms with Gasteiger partial charge in [0.05, 0.1) is 17.1 Å². The number of carbonyl (C=O) groups excluding carboxylic acids is 1. The van der Waals surface area contributed by atoms with Crippen LogP contribution in [0.3, 0.4) is 0 Å². The topological polar surface area (TPSA) is 74.8 Å². The minimum Gasteiger partial charge on any atom is -0.342 e. The Bertz CT molecular complexity index is 674. The highest BCUT2D eigenvalue weighted by atomic mass is 16.2. The van der Waals surface area contributed by atoms with E-state index in [-0.39, 0.29) is 11.8 Å². The summed E-state index contributed by atoms with van der Waals surface area (Å²) in [6.45, 7) is 7.16. The van der Waals surface area contributed by atoms with Crippen LogP contribution >= 0.6 is 0 Å². The van der Waals surface area contributed by atoms with Gasteiger partial charge in [-0.1, -0.05) is 0 Å². The van der Waals surface area contributed by atoms with E-state index in [4.69, 9.17) is 0 Å². The Morgan fingerprint density at radius 2 is 2.09 bits per heavy atom. The highest BCUT2D eigenvalue weighted by Gasteiger charge is 2.27. The highest BCUT2D eigenvalue weighted by Crippen LogP contribution is 2.33. The van der Waals surface area contributed by atoms with Crippen molar-refractivity contribution in [1.29, 1.82) is 0 Å². The molecule has 2 aromatic heterocycles. The van der Waals surface area contributed by atoms with Crippen LogP contribution in [-0.4, -0.2) is 44.1 Å². The third-order valence-corrected chi connectivity index (χ3v) is 4.34. The Morgan fingerprint density at radius 3 is 2.77 bits per heavy atom. The zero-order valence-corrected chi connectivity index (χ0v) is 13.3. The van der Waals surface area contributed by atoms with Crippen LogP contribution in [0, 0.1) is 13.8 Å². The number of nitrogens with one attached hydrogen (secondary N) is 1. The van der Waals surface area contributed by atoms with E-state index in [2.05, 4.69) is 20.2 Å². The summed E-state index contributed by atoms with van der Waals surface area (Å²) in [5.74, 6) is 0.362. The predicted molar refractivity (Wildman–Crippen MR) is 83.3 cm³/mol. The molecule has 0 aliphatic carbocycles. The number of amides is 1. The second-order valence-corrected chi connectivity index (χ2v) is 5.90. The van der Waals surface area contributed by atoms with Crippen molar-refractivity contribution in [3.05, 3.63) is 29.5 Å². The Hall–Kier alpha value is -2.24. The first-order chi connectivity index (χ1) is 10.6. The largest absolute Gasteiger partial charge is 0.342 e. The molecule has 1 fully saturated rings. The van der Waals surface area contributed by atoms with Gasteiger partial charge in [-0.15, -0.1) is 0 Å². The van der Waals surface area contributed by atoms with E-state index in [1.165, 1.54) is 0 Å². The van der Waals surface area contributed by atoms with Crippen LogP contribution in [0.25, 0.3) is 11.3 Å². The van der Waals surface area contributed by atoms with Gasteiger partial charge in [-0.3, -0.25) is 19.9 Å². The number of aromatic nitrogens is 4. The standard InChI is InChI=1S/C16H21N5O/c1-10-14(11(2)20-19-10)16-15(17-6-7-18-16)13-5-4-8-21(9-13)12(3)22/h6-7,13H,4-5,8-9H2,1-3H3,(H,19,20)/t13-/m0/s1. The lowest BCUT2D eigenvalue weighted by Crippen LogP contribution is -2.38. The molecule has 3 heterocycles. The molecule has 1 aliphatic heterocycles. The van der Waals surface area contributed by atoms with Gasteiger partial charge in [0, 0.05) is 49.6 Å². The number of aromatic amines is 1. The monoisotopic (exact) mass is 299 g/mol. The molecule has 1 saturated heterocycles. The summed E-state index contributed by atoms with van der Waals surface area (Å²) < 4.78 is 0. The van der Waals surface area contributed by atoms with Gasteiger partial charge in [0.2, 0.25) is 5.91 Å². The summed E-state index contributed by atoms with van der Waals surface area (Å²) in [5.41, 5.74) is 4.82. The summed E-state index contributed by atoms with van der Waals surface area (Å²) in [6.07, 6.45) is 5.49. The van der Waals surface area contributed by atoms with Gasteiger partial charge in [-0.25, -0.2) is 0 Å². The van der Waals surface area contributed by atoms with Gasteiger partial charge in [0.15, 0.2) is 0 Å². The third-order valence-electron chi connectivity index (χ3n) is 4.34. The van der Waals surface area contributed by atoms with Crippen molar-refractivity contribution in [2.24, 2.45) is 0 Å². The van der Waals surface area contributed by atoms with Crippen molar-refractivity contribution in [3.8, 4) is 11.3 Å². The fourth-order valence-electron chi connectivity index (χ4n) is 3.23. The molecule has 0 spiro atoms. The van der Waals surface area contributed by atoms with E-state index in [1.807, 2.05) is 18.7 Å². The maximum absolute atomic E-state index is 11.7. The molecular formula is C16H21N5O. The molecule has 2 aromatic rings. The van der Waals surface area contributed by atoms with Gasteiger partial charge in [0.1, 0.15) is 0 Å². The average Bonchev–Trinajstić information content (AvgIpc) is 2.86. The quantitative estimate of drug-likeness (QED) is 0.922. The minimum absolute atomic E-state index is 0.130. The van der Waals surface area contributed by atoms with Crippen molar-refractivity contribution in [2.75, 3.05) is 13.1 Å². The molecule has 1 aliphatic rings. The van der Waals surface area contributed by atoms with Crippen molar-refractivity contribution in [2.45, 2.75) is 39.5 Å². The summed E-state index contributed by atoms with van der Waals surface area (Å²) in [4.78, 5) is 22.7. The average molecular weight is 299 g/mol. The molecule has 0 radical (unpaired) electrons. The van der Waals surface area contributed by atoms with E-state index in [0.29, 0.717) is 0 Å². The molecule has 0 saturated carbocycles. The first-order valence-electron chi connectivity index (χ1n) is 7.66. The second-order valence-electron chi connectivity index (χ2n) is 5.90. The number of likely N-dealkylation sites (tertiary alicyclic amines) is 1. The third kappa shape index (κ3) is 2.61. The van der Waals surface area contributed by atoms with Crippen molar-refractivity contribution < 1.29 is 4.79 Å². The summed E-state index contributed by atoms with van der Waals surface area (Å²) >= 11 is 0. The maximum atomic E-state index is 11.7. The van der Waals surface area contributed by atoms with Crippen molar-refractivity contribution >= 4 is 5.91 Å². The Morgan fingerprint density at radius 1 is 1.32 bits per heavy atom.